The fourth-order valence-corrected chi connectivity index (χ4v) is 4.33. The molecule has 0 atom stereocenters. The zero-order chi connectivity index (χ0) is 23.8. The molecule has 1 aromatic carbocycles. The first kappa shape index (κ1) is 22.1. The van der Waals surface area contributed by atoms with Gasteiger partial charge in [-0.3, -0.25) is 4.79 Å². The van der Waals surface area contributed by atoms with Crippen molar-refractivity contribution in [3.63, 3.8) is 0 Å². The van der Waals surface area contributed by atoms with E-state index in [0.29, 0.717) is 24.9 Å². The zero-order valence-electron chi connectivity index (χ0n) is 19.1. The van der Waals surface area contributed by atoms with Crippen LogP contribution in [0.25, 0.3) is 11.3 Å². The quantitative estimate of drug-likeness (QED) is 0.535. The Morgan fingerprint density at radius 2 is 1.88 bits per heavy atom. The van der Waals surface area contributed by atoms with E-state index in [1.165, 1.54) is 18.2 Å². The minimum absolute atomic E-state index is 0.0592. The van der Waals surface area contributed by atoms with Gasteiger partial charge in [0.1, 0.15) is 11.5 Å². The standard InChI is InChI=1S/C24H25FN6O3/c1-14(2)22-27-24(34-29-22)30-9-7-17(8-10-30)31(16-4-5-16)23(32)21-12-20(28-33-21)18-6-3-15(13-26)11-19(18)25/h3,6,11-12,14,16-17H,4-5,7-10H2,1-2H3. The fraction of sp³-hybridized carbons (Fsp3) is 0.458. The molecule has 2 fully saturated rings. The van der Waals surface area contributed by atoms with Crippen LogP contribution in [-0.4, -0.2) is 51.3 Å². The van der Waals surface area contributed by atoms with Crippen molar-refractivity contribution in [2.45, 2.75) is 57.5 Å². The van der Waals surface area contributed by atoms with E-state index in [1.54, 1.807) is 0 Å². The lowest BCUT2D eigenvalue weighted by Gasteiger charge is -2.37. The largest absolute Gasteiger partial charge is 0.350 e. The third kappa shape index (κ3) is 4.25. The van der Waals surface area contributed by atoms with Crippen LogP contribution in [-0.2, 0) is 0 Å². The Bertz CT molecular complexity index is 1230. The number of nitrogens with zero attached hydrogens (tertiary/aromatic N) is 6. The van der Waals surface area contributed by atoms with Gasteiger partial charge in [0.25, 0.3) is 5.91 Å². The van der Waals surface area contributed by atoms with Gasteiger partial charge in [0.05, 0.1) is 11.6 Å². The molecular weight excluding hydrogens is 439 g/mol. The molecule has 9 nitrogen and oxygen atoms in total. The average Bonchev–Trinajstić information content (AvgIpc) is 3.34. The summed E-state index contributed by atoms with van der Waals surface area (Å²) in [4.78, 5) is 21.8. The Morgan fingerprint density at radius 3 is 2.50 bits per heavy atom. The van der Waals surface area contributed by atoms with E-state index in [1.807, 2.05) is 24.8 Å². The van der Waals surface area contributed by atoms with E-state index in [4.69, 9.17) is 14.3 Å². The number of carbonyl (C=O) groups excluding carboxylic acids is 1. The van der Waals surface area contributed by atoms with E-state index in [-0.39, 0.29) is 46.5 Å². The van der Waals surface area contributed by atoms with Crippen LogP contribution in [0.2, 0.25) is 0 Å². The highest BCUT2D eigenvalue weighted by atomic mass is 19.1. The Labute approximate surface area is 196 Å². The first-order valence-corrected chi connectivity index (χ1v) is 11.5. The molecule has 0 N–H and O–H groups in total. The second-order valence-corrected chi connectivity index (χ2v) is 9.13. The van der Waals surface area contributed by atoms with Gasteiger partial charge in [0, 0.05) is 42.7 Å². The Hall–Kier alpha value is -3.74. The van der Waals surface area contributed by atoms with E-state index in [0.717, 1.165) is 31.7 Å². The van der Waals surface area contributed by atoms with Crippen LogP contribution in [0.15, 0.2) is 33.3 Å². The van der Waals surface area contributed by atoms with Gasteiger partial charge in [-0.1, -0.05) is 24.2 Å². The third-order valence-electron chi connectivity index (χ3n) is 6.35. The molecule has 0 radical (unpaired) electrons. The summed E-state index contributed by atoms with van der Waals surface area (Å²) in [5, 5.41) is 16.9. The van der Waals surface area contributed by atoms with Crippen molar-refractivity contribution < 1.29 is 18.2 Å². The maximum atomic E-state index is 14.4. The summed E-state index contributed by atoms with van der Waals surface area (Å²) in [6, 6.07) is 8.26. The van der Waals surface area contributed by atoms with Crippen molar-refractivity contribution in [2.24, 2.45) is 0 Å². The van der Waals surface area contributed by atoms with Crippen LogP contribution in [0, 0.1) is 17.1 Å². The number of halogens is 1. The van der Waals surface area contributed by atoms with Crippen molar-refractivity contribution in [3.05, 3.63) is 47.2 Å². The monoisotopic (exact) mass is 464 g/mol. The molecule has 1 aliphatic heterocycles. The number of anilines is 1. The first-order chi connectivity index (χ1) is 16.4. The predicted octanol–water partition coefficient (Wildman–Crippen LogP) is 4.13. The summed E-state index contributed by atoms with van der Waals surface area (Å²) < 4.78 is 25.2. The molecule has 1 saturated carbocycles. The molecule has 3 aromatic rings. The topological polar surface area (TPSA) is 112 Å². The van der Waals surface area contributed by atoms with Crippen LogP contribution in [0.3, 0.4) is 0 Å². The Morgan fingerprint density at radius 1 is 1.15 bits per heavy atom. The number of amides is 1. The van der Waals surface area contributed by atoms with Gasteiger partial charge in [0.2, 0.25) is 5.76 Å². The predicted molar refractivity (Wildman–Crippen MR) is 119 cm³/mol. The van der Waals surface area contributed by atoms with Crippen molar-refractivity contribution in [3.8, 4) is 17.3 Å². The molecule has 2 aromatic heterocycles. The molecule has 176 valence electrons. The van der Waals surface area contributed by atoms with Crippen molar-refractivity contribution in [2.75, 3.05) is 18.0 Å². The lowest BCUT2D eigenvalue weighted by Crippen LogP contribution is -2.48. The molecule has 0 spiro atoms. The molecule has 1 amide bonds. The van der Waals surface area contributed by atoms with Gasteiger partial charge in [-0.2, -0.15) is 10.2 Å². The Balaban J connectivity index is 1.29. The van der Waals surface area contributed by atoms with Crippen molar-refractivity contribution in [1.82, 2.24) is 20.2 Å². The summed E-state index contributed by atoms with van der Waals surface area (Å²) in [5.41, 5.74) is 0.634. The van der Waals surface area contributed by atoms with Crippen LogP contribution in [0.4, 0.5) is 10.4 Å². The number of rotatable bonds is 6. The molecule has 10 heteroatoms. The molecular formula is C24H25FN6O3. The molecule has 1 aliphatic carbocycles. The zero-order valence-corrected chi connectivity index (χ0v) is 19.1. The number of benzene rings is 1. The molecule has 3 heterocycles. The summed E-state index contributed by atoms with van der Waals surface area (Å²) in [7, 11) is 0. The van der Waals surface area contributed by atoms with Crippen molar-refractivity contribution >= 4 is 11.9 Å². The SMILES string of the molecule is CC(C)c1noc(N2CCC(N(C(=O)c3cc(-c4ccc(C#N)cc4F)no3)C3CC3)CC2)n1. The van der Waals surface area contributed by atoms with E-state index < -0.39 is 5.82 Å². The summed E-state index contributed by atoms with van der Waals surface area (Å²) >= 11 is 0. The van der Waals surface area contributed by atoms with Gasteiger partial charge < -0.3 is 18.8 Å². The third-order valence-corrected chi connectivity index (χ3v) is 6.35. The summed E-state index contributed by atoms with van der Waals surface area (Å²) in [6.07, 6.45) is 3.46. The maximum Gasteiger partial charge on any atom is 0.324 e. The molecule has 0 bridgehead atoms. The number of nitriles is 1. The van der Waals surface area contributed by atoms with Gasteiger partial charge in [-0.05, 0) is 43.9 Å². The molecule has 34 heavy (non-hydrogen) atoms. The number of hydrogen-bond donors (Lipinski definition) is 0. The van der Waals surface area contributed by atoms with Gasteiger partial charge in [-0.25, -0.2) is 4.39 Å². The van der Waals surface area contributed by atoms with Crippen LogP contribution in [0.5, 0.6) is 0 Å². The van der Waals surface area contributed by atoms with E-state index >= 15 is 0 Å². The number of aromatic nitrogens is 3. The second-order valence-electron chi connectivity index (χ2n) is 9.13. The minimum Gasteiger partial charge on any atom is -0.350 e. The second kappa shape index (κ2) is 8.89. The smallest absolute Gasteiger partial charge is 0.324 e. The lowest BCUT2D eigenvalue weighted by molar-refractivity contribution is 0.0587. The van der Waals surface area contributed by atoms with Gasteiger partial charge in [0.15, 0.2) is 5.82 Å². The number of carbonyl (C=O) groups is 1. The first-order valence-electron chi connectivity index (χ1n) is 11.5. The fourth-order valence-electron chi connectivity index (χ4n) is 4.33. The minimum atomic E-state index is -0.584. The molecule has 1 saturated heterocycles. The number of hydrogen-bond acceptors (Lipinski definition) is 8. The van der Waals surface area contributed by atoms with Crippen LogP contribution < -0.4 is 4.90 Å². The van der Waals surface area contributed by atoms with Gasteiger partial charge >= 0.3 is 6.01 Å². The highest BCUT2D eigenvalue weighted by Gasteiger charge is 2.40. The summed E-state index contributed by atoms with van der Waals surface area (Å²) in [6.45, 7) is 5.45. The van der Waals surface area contributed by atoms with Crippen molar-refractivity contribution in [1.29, 1.82) is 5.26 Å². The Kier molecular flexibility index (Phi) is 5.77. The van der Waals surface area contributed by atoms with E-state index in [9.17, 15) is 9.18 Å². The lowest BCUT2D eigenvalue weighted by atomic mass is 10.0. The van der Waals surface area contributed by atoms with E-state index in [2.05, 4.69) is 20.2 Å². The normalized spacial score (nSPS) is 16.6. The average molecular weight is 465 g/mol. The highest BCUT2D eigenvalue weighted by molar-refractivity contribution is 5.93. The molecule has 2 aliphatic rings. The highest BCUT2D eigenvalue weighted by Crippen LogP contribution is 2.34. The maximum absolute atomic E-state index is 14.4. The van der Waals surface area contributed by atoms with Crippen LogP contribution >= 0.6 is 0 Å². The molecule has 0 unspecified atom stereocenters. The molecule has 5 rings (SSSR count). The number of piperidine rings is 1. The van der Waals surface area contributed by atoms with Crippen LogP contribution in [0.1, 0.15) is 67.4 Å². The summed E-state index contributed by atoms with van der Waals surface area (Å²) in [5.74, 6) is 0.161. The van der Waals surface area contributed by atoms with Gasteiger partial charge in [-0.15, -0.1) is 0 Å².